The number of ether oxygens (including phenoxy) is 4. The molecule has 12 atom stereocenters. The molecule has 2 aliphatic rings. The normalized spacial score (nSPS) is 24.3. The molecule has 0 spiro atoms. The van der Waals surface area contributed by atoms with Crippen molar-refractivity contribution in [2.24, 2.45) is 0 Å². The van der Waals surface area contributed by atoms with Crippen molar-refractivity contribution in [1.82, 2.24) is 5.32 Å². The van der Waals surface area contributed by atoms with Gasteiger partial charge in [-0.15, -0.1) is 0 Å². The molecule has 0 bridgehead atoms. The summed E-state index contributed by atoms with van der Waals surface area (Å²) in [5, 5.41) is 87.2. The van der Waals surface area contributed by atoms with Crippen molar-refractivity contribution in [1.29, 1.82) is 0 Å². The average Bonchev–Trinajstić information content (AvgIpc) is 3.62. The van der Waals surface area contributed by atoms with E-state index in [-0.39, 0.29) is 18.9 Å². The average molecular weight is 1150 g/mol. The number of nitrogens with one attached hydrogen (secondary N) is 1. The number of allylic oxidation sites excluding steroid dienone is 5. The first kappa shape index (κ1) is 75.3. The number of carbonyl (C=O) groups is 1. The first-order valence-electron chi connectivity index (χ1n) is 33.7. The summed E-state index contributed by atoms with van der Waals surface area (Å²) in [5.41, 5.74) is 0. The van der Waals surface area contributed by atoms with E-state index in [9.17, 15) is 45.6 Å². The smallest absolute Gasteiger partial charge is 0.220 e. The minimum atomic E-state index is -1.79. The van der Waals surface area contributed by atoms with Crippen LogP contribution in [0.15, 0.2) is 36.5 Å². The molecule has 14 heteroatoms. The zero-order valence-electron chi connectivity index (χ0n) is 51.5. The van der Waals surface area contributed by atoms with Crippen molar-refractivity contribution in [3.05, 3.63) is 36.5 Å². The molecular weight excluding hydrogens is 1030 g/mol. The highest BCUT2D eigenvalue weighted by atomic mass is 16.7. The second kappa shape index (κ2) is 52.5. The number of amides is 1. The Morgan fingerprint density at radius 1 is 0.432 bits per heavy atom. The summed E-state index contributed by atoms with van der Waals surface area (Å²) in [6.07, 6.45) is 49.3. The van der Waals surface area contributed by atoms with E-state index in [0.29, 0.717) is 12.8 Å². The Morgan fingerprint density at radius 2 is 0.790 bits per heavy atom. The Kier molecular flexibility index (Phi) is 48.8. The van der Waals surface area contributed by atoms with Gasteiger partial charge in [0.15, 0.2) is 12.6 Å². The summed E-state index contributed by atoms with van der Waals surface area (Å²) < 4.78 is 22.8. The fourth-order valence-electron chi connectivity index (χ4n) is 11.1. The Hall–Kier alpha value is -1.79. The predicted octanol–water partition coefficient (Wildman–Crippen LogP) is 13.0. The van der Waals surface area contributed by atoms with Crippen molar-refractivity contribution >= 4 is 5.91 Å². The molecule has 0 radical (unpaired) electrons. The minimum absolute atomic E-state index is 0.255. The molecule has 2 aliphatic heterocycles. The molecule has 0 aromatic heterocycles. The standard InChI is InChI=1S/C67H125NO13/c1-3-5-7-9-11-13-15-17-19-21-22-23-24-25-26-27-28-29-30-31-32-33-34-35-36-38-40-42-44-46-48-50-56(71)55(68-59(72)51-49-47-45-43-41-39-37-20-18-16-14-12-10-8-6-4-2)54-78-66-64(77)62(75)65(58(53-70)80-66)81-67-63(76)61(74)60(73)57(52-69)79-67/h20,37,40,42,48,50,55-58,60-67,69-71,73-77H,3-19,21-36,38-39,41,43-47,49,51-54H2,1-2H3,(H,68,72)/b37-20-,42-40+,50-48+. The van der Waals surface area contributed by atoms with Gasteiger partial charge in [-0.05, 0) is 57.8 Å². The van der Waals surface area contributed by atoms with Crippen molar-refractivity contribution in [3.8, 4) is 0 Å². The van der Waals surface area contributed by atoms with E-state index in [1.165, 1.54) is 205 Å². The van der Waals surface area contributed by atoms with Crippen LogP contribution in [0.5, 0.6) is 0 Å². The van der Waals surface area contributed by atoms with E-state index >= 15 is 0 Å². The van der Waals surface area contributed by atoms with Gasteiger partial charge >= 0.3 is 0 Å². The van der Waals surface area contributed by atoms with Crippen LogP contribution in [-0.2, 0) is 23.7 Å². The molecule has 2 saturated heterocycles. The molecule has 0 aliphatic carbocycles. The lowest BCUT2D eigenvalue weighted by atomic mass is 9.97. The van der Waals surface area contributed by atoms with Crippen LogP contribution in [-0.4, -0.2) is 140 Å². The Labute approximate surface area is 493 Å². The minimum Gasteiger partial charge on any atom is -0.394 e. The number of hydrogen-bond donors (Lipinski definition) is 9. The molecule has 81 heavy (non-hydrogen) atoms. The van der Waals surface area contributed by atoms with Gasteiger partial charge in [0.05, 0.1) is 32.0 Å². The lowest BCUT2D eigenvalue weighted by Gasteiger charge is -2.46. The van der Waals surface area contributed by atoms with Gasteiger partial charge in [0.25, 0.3) is 0 Å². The van der Waals surface area contributed by atoms with Gasteiger partial charge in [0.2, 0.25) is 5.91 Å². The molecule has 2 heterocycles. The largest absolute Gasteiger partial charge is 0.394 e. The molecular formula is C67H125NO13. The fraction of sp³-hybridized carbons (Fsp3) is 0.896. The van der Waals surface area contributed by atoms with Gasteiger partial charge in [-0.2, -0.15) is 0 Å². The number of carbonyl (C=O) groups excluding carboxylic acids is 1. The SMILES string of the molecule is CCCCCCCCC/C=C\CCCCCCCC(=O)NC(COC1OC(CO)C(OC2OC(CO)C(O)C(O)C2O)C(O)C1O)C(O)/C=C/CC/C=C/CCCCCCCCCCCCCCCCCCCCCCCCCCC. The Bertz CT molecular complexity index is 1500. The first-order chi connectivity index (χ1) is 39.6. The summed E-state index contributed by atoms with van der Waals surface area (Å²) in [6, 6.07) is -0.936. The number of aliphatic hydroxyl groups is 8. The lowest BCUT2D eigenvalue weighted by molar-refractivity contribution is -0.359. The van der Waals surface area contributed by atoms with Crippen molar-refractivity contribution in [3.63, 3.8) is 0 Å². The van der Waals surface area contributed by atoms with Gasteiger partial charge in [-0.1, -0.05) is 262 Å². The third-order valence-corrected chi connectivity index (χ3v) is 16.5. The maximum absolute atomic E-state index is 13.3. The van der Waals surface area contributed by atoms with Crippen LogP contribution >= 0.6 is 0 Å². The van der Waals surface area contributed by atoms with Crippen LogP contribution in [0, 0.1) is 0 Å². The van der Waals surface area contributed by atoms with Crippen LogP contribution in [0.2, 0.25) is 0 Å². The van der Waals surface area contributed by atoms with Crippen LogP contribution in [0.3, 0.4) is 0 Å². The summed E-state index contributed by atoms with van der Waals surface area (Å²) in [7, 11) is 0. The topological polar surface area (TPSA) is 228 Å². The Morgan fingerprint density at radius 3 is 1.21 bits per heavy atom. The summed E-state index contributed by atoms with van der Waals surface area (Å²) in [6.45, 7) is 2.80. The molecule has 14 nitrogen and oxygen atoms in total. The molecule has 0 aromatic rings. The molecule has 476 valence electrons. The highest BCUT2D eigenvalue weighted by molar-refractivity contribution is 5.76. The molecule has 12 unspecified atom stereocenters. The van der Waals surface area contributed by atoms with Crippen LogP contribution in [0.25, 0.3) is 0 Å². The van der Waals surface area contributed by atoms with Gasteiger partial charge in [-0.25, -0.2) is 0 Å². The summed E-state index contributed by atoms with van der Waals surface area (Å²) >= 11 is 0. The monoisotopic (exact) mass is 1150 g/mol. The van der Waals surface area contributed by atoms with Gasteiger partial charge in [0, 0.05) is 6.42 Å². The predicted molar refractivity (Wildman–Crippen MR) is 328 cm³/mol. The van der Waals surface area contributed by atoms with Gasteiger partial charge < -0.3 is 65.1 Å². The molecule has 0 saturated carbocycles. The second-order valence-corrected chi connectivity index (χ2v) is 23.9. The van der Waals surface area contributed by atoms with Crippen LogP contribution in [0.1, 0.15) is 290 Å². The second-order valence-electron chi connectivity index (χ2n) is 23.9. The third kappa shape index (κ3) is 37.4. The van der Waals surface area contributed by atoms with Gasteiger partial charge in [0.1, 0.15) is 48.8 Å². The number of hydrogen-bond acceptors (Lipinski definition) is 13. The van der Waals surface area contributed by atoms with Crippen molar-refractivity contribution in [2.45, 2.75) is 364 Å². The molecule has 1 amide bonds. The van der Waals surface area contributed by atoms with E-state index in [0.717, 1.165) is 51.4 Å². The first-order valence-corrected chi connectivity index (χ1v) is 33.7. The third-order valence-electron chi connectivity index (χ3n) is 16.5. The molecule has 2 rings (SSSR count). The quantitative estimate of drug-likeness (QED) is 0.0204. The number of rotatable bonds is 55. The van der Waals surface area contributed by atoms with Crippen molar-refractivity contribution < 1.29 is 64.6 Å². The van der Waals surface area contributed by atoms with E-state index in [1.54, 1.807) is 6.08 Å². The maximum Gasteiger partial charge on any atom is 0.220 e. The van der Waals surface area contributed by atoms with Crippen molar-refractivity contribution in [2.75, 3.05) is 19.8 Å². The highest BCUT2D eigenvalue weighted by Crippen LogP contribution is 2.30. The van der Waals surface area contributed by atoms with E-state index in [4.69, 9.17) is 18.9 Å². The van der Waals surface area contributed by atoms with E-state index in [2.05, 4.69) is 43.5 Å². The Balaban J connectivity index is 1.69. The zero-order chi connectivity index (χ0) is 58.8. The zero-order valence-corrected chi connectivity index (χ0v) is 51.5. The molecule has 9 N–H and O–H groups in total. The molecule has 2 fully saturated rings. The van der Waals surface area contributed by atoms with Crippen LogP contribution in [0.4, 0.5) is 0 Å². The van der Waals surface area contributed by atoms with E-state index in [1.807, 2.05) is 6.08 Å². The molecule has 0 aromatic carbocycles. The van der Waals surface area contributed by atoms with Gasteiger partial charge in [-0.3, -0.25) is 4.79 Å². The lowest BCUT2D eigenvalue weighted by Crippen LogP contribution is -2.65. The summed E-state index contributed by atoms with van der Waals surface area (Å²) in [5.74, 6) is -0.255. The maximum atomic E-state index is 13.3. The number of unbranched alkanes of at least 4 members (excludes halogenated alkanes) is 38. The summed E-state index contributed by atoms with van der Waals surface area (Å²) in [4.78, 5) is 13.3. The fourth-order valence-corrected chi connectivity index (χ4v) is 11.1. The number of aliphatic hydroxyl groups excluding tert-OH is 8. The van der Waals surface area contributed by atoms with Crippen LogP contribution < -0.4 is 5.32 Å². The highest BCUT2D eigenvalue weighted by Gasteiger charge is 2.51. The van der Waals surface area contributed by atoms with E-state index < -0.39 is 86.8 Å².